The van der Waals surface area contributed by atoms with E-state index >= 15 is 0 Å². The maximum atomic E-state index is 13.0. The summed E-state index contributed by atoms with van der Waals surface area (Å²) in [5, 5.41) is 16.0. The van der Waals surface area contributed by atoms with Gasteiger partial charge in [0.15, 0.2) is 5.82 Å². The summed E-state index contributed by atoms with van der Waals surface area (Å²) >= 11 is 0. The van der Waals surface area contributed by atoms with Crippen molar-refractivity contribution in [3.05, 3.63) is 71.4 Å². The van der Waals surface area contributed by atoms with E-state index in [1.54, 1.807) is 7.05 Å². The lowest BCUT2D eigenvalue weighted by molar-refractivity contribution is -0.137. The number of aromatic nitrogens is 2. The van der Waals surface area contributed by atoms with E-state index in [4.69, 9.17) is 4.74 Å². The highest BCUT2D eigenvalue weighted by molar-refractivity contribution is 5.96. The molecule has 0 spiro atoms. The zero-order valence-electron chi connectivity index (χ0n) is 19.3. The molecule has 0 saturated heterocycles. The number of ether oxygens (including phenoxy) is 1. The molecule has 0 aliphatic heterocycles. The molecule has 1 heterocycles. The molecule has 9 nitrogen and oxygen atoms in total. The Balaban J connectivity index is 1.25. The fourth-order valence-corrected chi connectivity index (χ4v) is 4.62. The van der Waals surface area contributed by atoms with Crippen LogP contribution in [0, 0.1) is 5.92 Å². The zero-order chi connectivity index (χ0) is 24.5. The van der Waals surface area contributed by atoms with E-state index in [0.29, 0.717) is 12.5 Å². The number of rotatable bonds is 8. The van der Waals surface area contributed by atoms with Crippen LogP contribution in [0.15, 0.2) is 54.6 Å². The second-order valence-corrected chi connectivity index (χ2v) is 9.01. The molecule has 0 bridgehead atoms. The van der Waals surface area contributed by atoms with Gasteiger partial charge < -0.3 is 14.7 Å². The third kappa shape index (κ3) is 4.75. The van der Waals surface area contributed by atoms with Gasteiger partial charge in [-0.15, -0.1) is 0 Å². The van der Waals surface area contributed by atoms with E-state index in [0.717, 1.165) is 35.1 Å². The number of fused-ring (bicyclic) bond motifs is 3. The van der Waals surface area contributed by atoms with Crippen molar-refractivity contribution < 1.29 is 24.2 Å². The van der Waals surface area contributed by atoms with Crippen molar-refractivity contribution in [1.82, 2.24) is 14.7 Å². The van der Waals surface area contributed by atoms with Gasteiger partial charge in [0.2, 0.25) is 0 Å². The molecule has 1 fully saturated rings. The number of aryl methyl sites for hydroxylation is 1. The molecule has 2 aliphatic carbocycles. The summed E-state index contributed by atoms with van der Waals surface area (Å²) in [5.74, 6) is -1.08. The van der Waals surface area contributed by atoms with Gasteiger partial charge in [-0.1, -0.05) is 48.5 Å². The van der Waals surface area contributed by atoms with Crippen molar-refractivity contribution in [3.63, 3.8) is 0 Å². The second kappa shape index (κ2) is 9.25. The van der Waals surface area contributed by atoms with E-state index in [9.17, 15) is 19.5 Å². The maximum Gasteiger partial charge on any atom is 0.412 e. The van der Waals surface area contributed by atoms with Crippen LogP contribution in [0.2, 0.25) is 0 Å². The molecule has 2 aliphatic rings. The average Bonchev–Trinajstić information content (AvgIpc) is 3.50. The van der Waals surface area contributed by atoms with Gasteiger partial charge in [0.1, 0.15) is 18.8 Å². The number of nitrogens with one attached hydrogen (secondary N) is 1. The van der Waals surface area contributed by atoms with Gasteiger partial charge in [-0.05, 0) is 41.0 Å². The molecule has 9 heteroatoms. The van der Waals surface area contributed by atoms with Gasteiger partial charge >= 0.3 is 12.1 Å². The number of carbonyl (C=O) groups excluding carboxylic acids is 2. The predicted octanol–water partition coefficient (Wildman–Crippen LogP) is 3.72. The molecule has 35 heavy (non-hydrogen) atoms. The van der Waals surface area contributed by atoms with Crippen LogP contribution in [0.4, 0.5) is 10.6 Å². The molecular weight excluding hydrogens is 448 g/mol. The summed E-state index contributed by atoms with van der Waals surface area (Å²) in [5.41, 5.74) is 4.70. The van der Waals surface area contributed by atoms with Crippen LogP contribution >= 0.6 is 0 Å². The lowest BCUT2D eigenvalue weighted by atomic mass is 9.98. The van der Waals surface area contributed by atoms with Gasteiger partial charge in [0.05, 0.1) is 0 Å². The number of aliphatic carboxylic acids is 1. The third-order valence-electron chi connectivity index (χ3n) is 6.46. The van der Waals surface area contributed by atoms with Crippen molar-refractivity contribution >= 4 is 23.8 Å². The number of hydrogen-bond acceptors (Lipinski definition) is 5. The normalized spacial score (nSPS) is 14.2. The summed E-state index contributed by atoms with van der Waals surface area (Å²) in [6.07, 6.45) is 1.30. The first-order valence-electron chi connectivity index (χ1n) is 11.6. The SMILES string of the molecule is Cn1nc(NC(=O)OCC2c3ccccc3-c3ccccc32)cc1C(=O)N(CC(=O)O)CC1CC1. The summed E-state index contributed by atoms with van der Waals surface area (Å²) in [6, 6.07) is 17.6. The average molecular weight is 475 g/mol. The first kappa shape index (κ1) is 22.6. The molecule has 180 valence electrons. The fourth-order valence-electron chi connectivity index (χ4n) is 4.62. The van der Waals surface area contributed by atoms with Crippen molar-refractivity contribution in [3.8, 4) is 11.1 Å². The molecular formula is C26H26N4O5. The largest absolute Gasteiger partial charge is 0.480 e. The smallest absolute Gasteiger partial charge is 0.412 e. The Hall–Kier alpha value is -4.14. The second-order valence-electron chi connectivity index (χ2n) is 9.01. The lowest BCUT2D eigenvalue weighted by Gasteiger charge is -2.20. The summed E-state index contributed by atoms with van der Waals surface area (Å²) in [6.45, 7) is 0.174. The van der Waals surface area contributed by atoms with Crippen LogP contribution in [0.1, 0.15) is 40.4 Å². The Bertz CT molecular complexity index is 1250. The van der Waals surface area contributed by atoms with Crippen LogP contribution < -0.4 is 5.32 Å². The summed E-state index contributed by atoms with van der Waals surface area (Å²) < 4.78 is 6.88. The molecule has 3 aromatic rings. The van der Waals surface area contributed by atoms with Crippen LogP contribution in [-0.2, 0) is 16.6 Å². The highest BCUT2D eigenvalue weighted by Gasteiger charge is 2.31. The minimum absolute atomic E-state index is 0.0685. The van der Waals surface area contributed by atoms with E-state index < -0.39 is 18.0 Å². The quantitative estimate of drug-likeness (QED) is 0.514. The molecule has 0 atom stereocenters. The predicted molar refractivity (Wildman–Crippen MR) is 128 cm³/mol. The summed E-state index contributed by atoms with van der Waals surface area (Å²) in [7, 11) is 1.58. The number of carbonyl (C=O) groups is 3. The van der Waals surface area contributed by atoms with Gasteiger partial charge in [0, 0.05) is 25.6 Å². The maximum absolute atomic E-state index is 13.0. The Morgan fingerprint density at radius 3 is 2.31 bits per heavy atom. The highest BCUT2D eigenvalue weighted by atomic mass is 16.5. The van der Waals surface area contributed by atoms with Crippen LogP contribution in [0.25, 0.3) is 11.1 Å². The molecule has 2 amide bonds. The first-order chi connectivity index (χ1) is 16.9. The topological polar surface area (TPSA) is 114 Å². The Morgan fingerprint density at radius 1 is 1.09 bits per heavy atom. The van der Waals surface area contributed by atoms with Gasteiger partial charge in [-0.3, -0.25) is 19.6 Å². The lowest BCUT2D eigenvalue weighted by Crippen LogP contribution is -2.38. The third-order valence-corrected chi connectivity index (χ3v) is 6.46. The van der Waals surface area contributed by atoms with Crippen molar-refractivity contribution in [1.29, 1.82) is 0 Å². The fraction of sp³-hybridized carbons (Fsp3) is 0.308. The van der Waals surface area contributed by atoms with E-state index in [1.807, 2.05) is 36.4 Å². The minimum Gasteiger partial charge on any atom is -0.480 e. The molecule has 0 unspecified atom stereocenters. The molecule has 0 radical (unpaired) electrons. The van der Waals surface area contributed by atoms with Crippen LogP contribution in [-0.4, -0.2) is 57.5 Å². The standard InChI is InChI=1S/C26H26N4O5/c1-29-22(25(33)30(14-24(31)32)13-16-10-11-16)12-23(28-29)27-26(34)35-15-21-19-8-4-2-6-17(19)18-7-3-5-9-20(18)21/h2-9,12,16,21H,10-11,13-15H2,1H3,(H,31,32)(H,27,28,34). The Morgan fingerprint density at radius 2 is 1.71 bits per heavy atom. The number of hydrogen-bond donors (Lipinski definition) is 2. The van der Waals surface area contributed by atoms with Gasteiger partial charge in [0.25, 0.3) is 5.91 Å². The number of anilines is 1. The molecule has 2 N–H and O–H groups in total. The van der Waals surface area contributed by atoms with Crippen molar-refractivity contribution in [2.45, 2.75) is 18.8 Å². The first-order valence-corrected chi connectivity index (χ1v) is 11.6. The molecule has 2 aromatic carbocycles. The Kier molecular flexibility index (Phi) is 5.98. The zero-order valence-corrected chi connectivity index (χ0v) is 19.3. The van der Waals surface area contributed by atoms with Crippen molar-refractivity contribution in [2.24, 2.45) is 13.0 Å². The number of nitrogens with zero attached hydrogens (tertiary/aromatic N) is 3. The van der Waals surface area contributed by atoms with Gasteiger partial charge in [-0.25, -0.2) is 4.79 Å². The number of carboxylic acid groups (broad SMARTS) is 1. The van der Waals surface area contributed by atoms with Crippen molar-refractivity contribution in [2.75, 3.05) is 25.0 Å². The van der Waals surface area contributed by atoms with Gasteiger partial charge in [-0.2, -0.15) is 5.10 Å². The molecule has 1 aromatic heterocycles. The Labute approximate surface area is 202 Å². The van der Waals surface area contributed by atoms with Crippen LogP contribution in [0.5, 0.6) is 0 Å². The monoisotopic (exact) mass is 474 g/mol. The molecule has 5 rings (SSSR count). The number of amides is 2. The van der Waals surface area contributed by atoms with Crippen LogP contribution in [0.3, 0.4) is 0 Å². The minimum atomic E-state index is -1.07. The number of benzene rings is 2. The van der Waals surface area contributed by atoms with E-state index in [-0.39, 0.29) is 30.6 Å². The summed E-state index contributed by atoms with van der Waals surface area (Å²) in [4.78, 5) is 38.1. The van der Waals surface area contributed by atoms with E-state index in [2.05, 4.69) is 22.5 Å². The molecule has 1 saturated carbocycles. The highest BCUT2D eigenvalue weighted by Crippen LogP contribution is 2.44. The van der Waals surface area contributed by atoms with E-state index in [1.165, 1.54) is 15.6 Å². The number of carboxylic acids is 1.